The van der Waals surface area contributed by atoms with E-state index in [0.717, 1.165) is 18.2 Å². The molecule has 0 saturated carbocycles. The highest BCUT2D eigenvalue weighted by Crippen LogP contribution is 2.25. The van der Waals surface area contributed by atoms with E-state index in [0.29, 0.717) is 5.56 Å². The van der Waals surface area contributed by atoms with Gasteiger partial charge in [-0.15, -0.1) is 0 Å². The fraction of sp³-hybridized carbons (Fsp3) is 0.0909. The smallest absolute Gasteiger partial charge is 0.261 e. The zero-order valence-corrected chi connectivity index (χ0v) is 17.7. The van der Waals surface area contributed by atoms with Crippen LogP contribution in [0, 0.1) is 11.6 Å². The van der Waals surface area contributed by atoms with E-state index in [2.05, 4.69) is 10.0 Å². The van der Waals surface area contributed by atoms with Crippen LogP contribution in [0.2, 0.25) is 0 Å². The third kappa shape index (κ3) is 4.98. The first kappa shape index (κ1) is 23.0. The molecule has 0 aliphatic rings. The quantitative estimate of drug-likeness (QED) is 0.466. The van der Waals surface area contributed by atoms with Gasteiger partial charge >= 0.3 is 0 Å². The monoisotopic (exact) mass is 459 g/mol. The van der Waals surface area contributed by atoms with Gasteiger partial charge in [0.1, 0.15) is 17.2 Å². The second kappa shape index (κ2) is 9.25. The highest BCUT2D eigenvalue weighted by atomic mass is 32.2. The molecule has 32 heavy (non-hydrogen) atoms. The molecule has 0 unspecified atom stereocenters. The van der Waals surface area contributed by atoms with Crippen LogP contribution in [0.15, 0.2) is 65.6 Å². The number of Topliss-reactive ketones (excluding diaryl/α,β-unsaturated/α-hetero) is 1. The summed E-state index contributed by atoms with van der Waals surface area (Å²) in [5, 5.41) is 2.34. The Morgan fingerprint density at radius 3 is 2.25 bits per heavy atom. The van der Waals surface area contributed by atoms with Gasteiger partial charge in [-0.3, -0.25) is 14.3 Å². The third-order valence-corrected chi connectivity index (χ3v) is 5.94. The number of nitrogens with two attached hydrogens (primary N) is 1. The average Bonchev–Trinajstić information content (AvgIpc) is 2.73. The minimum Gasteiger partial charge on any atom is -0.326 e. The summed E-state index contributed by atoms with van der Waals surface area (Å²) in [6.45, 7) is 1.29. The Balaban J connectivity index is 1.92. The maximum Gasteiger partial charge on any atom is 0.261 e. The summed E-state index contributed by atoms with van der Waals surface area (Å²) in [7, 11) is -4.10. The van der Waals surface area contributed by atoms with Gasteiger partial charge in [-0.25, -0.2) is 17.2 Å². The number of rotatable bonds is 7. The molecule has 166 valence electrons. The van der Waals surface area contributed by atoms with Crippen LogP contribution in [-0.4, -0.2) is 20.1 Å². The number of carbonyl (C=O) groups is 2. The van der Waals surface area contributed by atoms with E-state index in [1.54, 1.807) is 0 Å². The van der Waals surface area contributed by atoms with E-state index in [1.807, 2.05) is 0 Å². The molecule has 0 aliphatic heterocycles. The van der Waals surface area contributed by atoms with Crippen LogP contribution in [-0.2, 0) is 16.6 Å². The zero-order chi connectivity index (χ0) is 23.5. The van der Waals surface area contributed by atoms with Gasteiger partial charge in [0.15, 0.2) is 5.78 Å². The summed E-state index contributed by atoms with van der Waals surface area (Å²) >= 11 is 0. The third-order valence-electron chi connectivity index (χ3n) is 4.57. The average molecular weight is 459 g/mol. The standard InChI is InChI=1S/C22H19F2N3O4S/c1-13(28)14-4-2-5-17(10-14)32(30,31)27-20-11-16(9-8-15(20)12-25)26-22(29)21-18(23)6-3-7-19(21)24/h2-11,27H,12,25H2,1H3,(H,26,29). The van der Waals surface area contributed by atoms with E-state index in [1.165, 1.54) is 49.4 Å². The lowest BCUT2D eigenvalue weighted by atomic mass is 10.1. The Morgan fingerprint density at radius 1 is 0.969 bits per heavy atom. The van der Waals surface area contributed by atoms with Gasteiger partial charge in [-0.2, -0.15) is 0 Å². The van der Waals surface area contributed by atoms with Gasteiger partial charge in [-0.05, 0) is 48.9 Å². The Hall–Kier alpha value is -3.63. The highest BCUT2D eigenvalue weighted by molar-refractivity contribution is 7.92. The minimum atomic E-state index is -4.10. The summed E-state index contributed by atoms with van der Waals surface area (Å²) in [6, 6.07) is 12.7. The van der Waals surface area contributed by atoms with Crippen LogP contribution >= 0.6 is 0 Å². The van der Waals surface area contributed by atoms with Gasteiger partial charge in [0.05, 0.1) is 10.6 Å². The van der Waals surface area contributed by atoms with E-state index in [9.17, 15) is 26.8 Å². The Kier molecular flexibility index (Phi) is 6.66. The summed E-state index contributed by atoms with van der Waals surface area (Å²) < 4.78 is 55.8. The molecule has 3 aromatic rings. The van der Waals surface area contributed by atoms with Crippen molar-refractivity contribution in [2.75, 3.05) is 10.0 Å². The van der Waals surface area contributed by atoms with Crippen LogP contribution in [0.1, 0.15) is 33.2 Å². The van der Waals surface area contributed by atoms with Crippen LogP contribution in [0.5, 0.6) is 0 Å². The first-order chi connectivity index (χ1) is 15.1. The van der Waals surface area contributed by atoms with Crippen molar-refractivity contribution in [3.8, 4) is 0 Å². The summed E-state index contributed by atoms with van der Waals surface area (Å²) in [5.74, 6) is -3.40. The fourth-order valence-corrected chi connectivity index (χ4v) is 4.06. The van der Waals surface area contributed by atoms with Crippen LogP contribution in [0.4, 0.5) is 20.2 Å². The molecule has 0 bridgehead atoms. The number of hydrogen-bond acceptors (Lipinski definition) is 5. The largest absolute Gasteiger partial charge is 0.326 e. The molecular weight excluding hydrogens is 440 g/mol. The first-order valence-electron chi connectivity index (χ1n) is 9.34. The maximum absolute atomic E-state index is 13.9. The van der Waals surface area contributed by atoms with Crippen molar-refractivity contribution >= 4 is 33.1 Å². The molecule has 3 aromatic carbocycles. The first-order valence-corrected chi connectivity index (χ1v) is 10.8. The van der Waals surface area contributed by atoms with Crippen molar-refractivity contribution < 1.29 is 26.8 Å². The van der Waals surface area contributed by atoms with Gasteiger partial charge in [0.2, 0.25) is 0 Å². The fourth-order valence-electron chi connectivity index (χ4n) is 2.92. The van der Waals surface area contributed by atoms with Gasteiger partial charge in [-0.1, -0.05) is 24.3 Å². The molecule has 0 spiro atoms. The molecule has 0 heterocycles. The number of amides is 1. The van der Waals surface area contributed by atoms with Crippen molar-refractivity contribution in [1.82, 2.24) is 0 Å². The molecule has 4 N–H and O–H groups in total. The number of benzene rings is 3. The topological polar surface area (TPSA) is 118 Å². The predicted octanol–water partition coefficient (Wildman–Crippen LogP) is 3.68. The molecule has 0 saturated heterocycles. The predicted molar refractivity (Wildman–Crippen MR) is 116 cm³/mol. The van der Waals surface area contributed by atoms with Crippen molar-refractivity contribution in [2.24, 2.45) is 5.73 Å². The van der Waals surface area contributed by atoms with Crippen molar-refractivity contribution in [3.05, 3.63) is 89.0 Å². The number of halogens is 2. The van der Waals surface area contributed by atoms with E-state index < -0.39 is 33.1 Å². The number of sulfonamides is 1. The number of nitrogens with one attached hydrogen (secondary N) is 2. The molecule has 7 nitrogen and oxygen atoms in total. The highest BCUT2D eigenvalue weighted by Gasteiger charge is 2.20. The molecule has 0 aliphatic carbocycles. The van der Waals surface area contributed by atoms with Gasteiger partial charge in [0.25, 0.3) is 15.9 Å². The molecule has 0 fully saturated rings. The minimum absolute atomic E-state index is 0.0263. The lowest BCUT2D eigenvalue weighted by Gasteiger charge is -2.15. The molecule has 1 amide bonds. The van der Waals surface area contributed by atoms with Crippen LogP contribution in [0.3, 0.4) is 0 Å². The van der Waals surface area contributed by atoms with E-state index >= 15 is 0 Å². The SMILES string of the molecule is CC(=O)c1cccc(S(=O)(=O)Nc2cc(NC(=O)c3c(F)cccc3F)ccc2CN)c1. The normalized spacial score (nSPS) is 11.1. The molecule has 10 heteroatoms. The Bertz CT molecular complexity index is 1290. The maximum atomic E-state index is 13.9. The Labute approximate surface area is 183 Å². The summed E-state index contributed by atoms with van der Waals surface area (Å²) in [6.07, 6.45) is 0. The summed E-state index contributed by atoms with van der Waals surface area (Å²) in [4.78, 5) is 23.8. The van der Waals surface area contributed by atoms with Crippen molar-refractivity contribution in [2.45, 2.75) is 18.4 Å². The van der Waals surface area contributed by atoms with Crippen LogP contribution < -0.4 is 15.8 Å². The van der Waals surface area contributed by atoms with E-state index in [-0.39, 0.29) is 34.2 Å². The van der Waals surface area contributed by atoms with Crippen LogP contribution in [0.25, 0.3) is 0 Å². The molecule has 0 atom stereocenters. The van der Waals surface area contributed by atoms with Gasteiger partial charge in [0, 0.05) is 17.8 Å². The van der Waals surface area contributed by atoms with Crippen molar-refractivity contribution in [1.29, 1.82) is 0 Å². The Morgan fingerprint density at radius 2 is 1.62 bits per heavy atom. The van der Waals surface area contributed by atoms with Crippen molar-refractivity contribution in [3.63, 3.8) is 0 Å². The second-order valence-electron chi connectivity index (χ2n) is 6.82. The lowest BCUT2D eigenvalue weighted by Crippen LogP contribution is -2.18. The molecular formula is C22H19F2N3O4S. The second-order valence-corrected chi connectivity index (χ2v) is 8.50. The number of ketones is 1. The molecule has 3 rings (SSSR count). The number of carbonyl (C=O) groups excluding carboxylic acids is 2. The summed E-state index contributed by atoms with van der Waals surface area (Å²) in [5.41, 5.74) is 5.70. The lowest BCUT2D eigenvalue weighted by molar-refractivity contribution is 0.100. The van der Waals surface area contributed by atoms with Gasteiger partial charge < -0.3 is 11.1 Å². The zero-order valence-electron chi connectivity index (χ0n) is 16.9. The molecule has 0 radical (unpaired) electrons. The van der Waals surface area contributed by atoms with E-state index in [4.69, 9.17) is 5.73 Å². The molecule has 0 aromatic heterocycles. The number of anilines is 2. The number of hydrogen-bond donors (Lipinski definition) is 3.